The molecule has 0 fully saturated rings. The van der Waals surface area contributed by atoms with Crippen molar-refractivity contribution in [2.24, 2.45) is 0 Å². The van der Waals surface area contributed by atoms with E-state index in [2.05, 4.69) is 48.5 Å². The second-order valence-electron chi connectivity index (χ2n) is 6.55. The zero-order valence-electron chi connectivity index (χ0n) is 13.9. The average molecular weight is 334 g/mol. The molecule has 0 radical (unpaired) electrons. The summed E-state index contributed by atoms with van der Waals surface area (Å²) >= 11 is 0. The smallest absolute Gasteiger partial charge is 0.136 e. The Kier molecular flexibility index (Phi) is 2.64. The lowest BCUT2D eigenvalue weighted by Gasteiger charge is -2.06. The molecule has 2 heterocycles. The molecule has 4 aromatic carbocycles. The molecule has 0 aliphatic carbocycles. The van der Waals surface area contributed by atoms with Crippen molar-refractivity contribution < 1.29 is 8.83 Å². The molecule has 0 bridgehead atoms. The van der Waals surface area contributed by atoms with Crippen LogP contribution in [-0.4, -0.2) is 0 Å². The molecule has 6 aromatic rings. The minimum Gasteiger partial charge on any atom is -0.456 e. The minimum atomic E-state index is 0.911. The third-order valence-electron chi connectivity index (χ3n) is 5.10. The second-order valence-corrected chi connectivity index (χ2v) is 6.55. The molecule has 0 saturated carbocycles. The second kappa shape index (κ2) is 4.99. The highest BCUT2D eigenvalue weighted by molar-refractivity contribution is 6.19. The molecule has 0 aliphatic heterocycles. The van der Waals surface area contributed by atoms with Crippen molar-refractivity contribution in [1.29, 1.82) is 0 Å². The summed E-state index contributed by atoms with van der Waals surface area (Å²) in [5.41, 5.74) is 5.99. The first-order valence-corrected chi connectivity index (χ1v) is 8.71. The fourth-order valence-corrected chi connectivity index (χ4v) is 4.00. The first-order valence-electron chi connectivity index (χ1n) is 8.71. The highest BCUT2D eigenvalue weighted by atomic mass is 16.3. The summed E-state index contributed by atoms with van der Waals surface area (Å²) in [7, 11) is 0. The number of fused-ring (bicyclic) bond motifs is 6. The largest absolute Gasteiger partial charge is 0.456 e. The highest BCUT2D eigenvalue weighted by Crippen LogP contribution is 2.41. The van der Waals surface area contributed by atoms with Gasteiger partial charge in [0.15, 0.2) is 0 Å². The Bertz CT molecular complexity index is 1320. The summed E-state index contributed by atoms with van der Waals surface area (Å²) in [6.07, 6.45) is 0. The molecule has 0 atom stereocenters. The van der Waals surface area contributed by atoms with Gasteiger partial charge in [-0.1, -0.05) is 60.7 Å². The molecule has 0 N–H and O–H groups in total. The summed E-state index contributed by atoms with van der Waals surface area (Å²) in [5, 5.41) is 4.59. The predicted octanol–water partition coefficient (Wildman–Crippen LogP) is 7.15. The van der Waals surface area contributed by atoms with Crippen molar-refractivity contribution in [1.82, 2.24) is 0 Å². The summed E-state index contributed by atoms with van der Waals surface area (Å²) in [5.74, 6) is 0. The summed E-state index contributed by atoms with van der Waals surface area (Å²) in [4.78, 5) is 0. The lowest BCUT2D eigenvalue weighted by molar-refractivity contribution is 0.668. The van der Waals surface area contributed by atoms with E-state index >= 15 is 0 Å². The van der Waals surface area contributed by atoms with Crippen LogP contribution in [0, 0.1) is 0 Å². The van der Waals surface area contributed by atoms with Crippen LogP contribution in [0.4, 0.5) is 0 Å². The fourth-order valence-electron chi connectivity index (χ4n) is 4.00. The molecule has 6 rings (SSSR count). The molecule has 2 nitrogen and oxygen atoms in total. The number of rotatable bonds is 1. The van der Waals surface area contributed by atoms with Crippen molar-refractivity contribution in [3.05, 3.63) is 84.9 Å². The van der Waals surface area contributed by atoms with Crippen LogP contribution in [0.5, 0.6) is 0 Å². The zero-order chi connectivity index (χ0) is 17.1. The topological polar surface area (TPSA) is 26.3 Å². The molecule has 0 unspecified atom stereocenters. The summed E-state index contributed by atoms with van der Waals surface area (Å²) in [6.45, 7) is 0. The summed E-state index contributed by atoms with van der Waals surface area (Å²) < 4.78 is 12.1. The van der Waals surface area contributed by atoms with Gasteiger partial charge in [-0.3, -0.25) is 0 Å². The first kappa shape index (κ1) is 13.7. The Labute approximate surface area is 149 Å². The van der Waals surface area contributed by atoms with E-state index in [4.69, 9.17) is 8.83 Å². The van der Waals surface area contributed by atoms with Crippen LogP contribution in [0.3, 0.4) is 0 Å². The molecule has 0 spiro atoms. The van der Waals surface area contributed by atoms with E-state index in [9.17, 15) is 0 Å². The van der Waals surface area contributed by atoms with Gasteiger partial charge in [-0.25, -0.2) is 0 Å². The van der Waals surface area contributed by atoms with Crippen LogP contribution in [-0.2, 0) is 0 Å². The molecule has 0 saturated heterocycles. The van der Waals surface area contributed by atoms with E-state index < -0.39 is 0 Å². The van der Waals surface area contributed by atoms with Gasteiger partial charge in [0.2, 0.25) is 0 Å². The predicted molar refractivity (Wildman–Crippen MR) is 106 cm³/mol. The molecular formula is C24H14O2. The number of furan rings is 2. The third-order valence-corrected chi connectivity index (χ3v) is 5.10. The van der Waals surface area contributed by atoms with E-state index in [-0.39, 0.29) is 0 Å². The van der Waals surface area contributed by atoms with Crippen molar-refractivity contribution in [2.45, 2.75) is 0 Å². The zero-order valence-corrected chi connectivity index (χ0v) is 13.9. The van der Waals surface area contributed by atoms with Crippen LogP contribution in [0.15, 0.2) is 93.8 Å². The van der Waals surface area contributed by atoms with Gasteiger partial charge < -0.3 is 8.83 Å². The number of benzene rings is 4. The van der Waals surface area contributed by atoms with Crippen molar-refractivity contribution in [3.63, 3.8) is 0 Å². The van der Waals surface area contributed by atoms with Crippen LogP contribution < -0.4 is 0 Å². The normalized spacial score (nSPS) is 11.8. The molecule has 0 aliphatic rings. The molecule has 2 aromatic heterocycles. The monoisotopic (exact) mass is 334 g/mol. The van der Waals surface area contributed by atoms with Gasteiger partial charge in [0.05, 0.1) is 0 Å². The van der Waals surface area contributed by atoms with Gasteiger partial charge in [0.25, 0.3) is 0 Å². The quantitative estimate of drug-likeness (QED) is 0.319. The lowest BCUT2D eigenvalue weighted by atomic mass is 9.95. The van der Waals surface area contributed by atoms with E-state index in [0.29, 0.717) is 0 Å². The van der Waals surface area contributed by atoms with Gasteiger partial charge >= 0.3 is 0 Å². The van der Waals surface area contributed by atoms with Crippen LogP contribution in [0.1, 0.15) is 0 Å². The maximum absolute atomic E-state index is 6.07. The summed E-state index contributed by atoms with van der Waals surface area (Å²) in [6, 6.07) is 28.9. The van der Waals surface area contributed by atoms with E-state index in [1.807, 2.05) is 36.4 Å². The van der Waals surface area contributed by atoms with E-state index in [0.717, 1.165) is 43.9 Å². The Hall–Kier alpha value is -3.52. The van der Waals surface area contributed by atoms with Gasteiger partial charge in [-0.15, -0.1) is 0 Å². The van der Waals surface area contributed by atoms with Gasteiger partial charge in [0.1, 0.15) is 22.3 Å². The maximum atomic E-state index is 6.07. The fraction of sp³-hybridized carbons (Fsp3) is 0. The van der Waals surface area contributed by atoms with Gasteiger partial charge in [0, 0.05) is 21.5 Å². The Balaban J connectivity index is 1.82. The Morgan fingerprint density at radius 3 is 1.31 bits per heavy atom. The lowest BCUT2D eigenvalue weighted by Crippen LogP contribution is -1.81. The van der Waals surface area contributed by atoms with E-state index in [1.165, 1.54) is 11.1 Å². The average Bonchev–Trinajstić information content (AvgIpc) is 3.26. The molecule has 0 amide bonds. The van der Waals surface area contributed by atoms with Crippen LogP contribution in [0.2, 0.25) is 0 Å². The number of hydrogen-bond acceptors (Lipinski definition) is 2. The van der Waals surface area contributed by atoms with Crippen LogP contribution >= 0.6 is 0 Å². The van der Waals surface area contributed by atoms with Crippen molar-refractivity contribution >= 4 is 43.9 Å². The minimum absolute atomic E-state index is 0.911. The standard InChI is InChI=1S/C24H14O2/c1-3-11-19-17(7-1)23-15(9-5-13-21(23)25-19)16-10-6-14-22-24(16)18-8-2-4-12-20(18)26-22/h1-14H. The first-order chi connectivity index (χ1) is 12.9. The number of para-hydroxylation sites is 2. The maximum Gasteiger partial charge on any atom is 0.136 e. The highest BCUT2D eigenvalue weighted by Gasteiger charge is 2.16. The third kappa shape index (κ3) is 1.76. The molecule has 26 heavy (non-hydrogen) atoms. The van der Waals surface area contributed by atoms with Gasteiger partial charge in [-0.05, 0) is 35.4 Å². The Morgan fingerprint density at radius 2 is 0.808 bits per heavy atom. The number of hydrogen-bond donors (Lipinski definition) is 0. The SMILES string of the molecule is c1ccc2c(c1)oc1cccc(-c3cccc4oc5ccccc5c34)c12. The van der Waals surface area contributed by atoms with Crippen LogP contribution in [0.25, 0.3) is 55.0 Å². The van der Waals surface area contributed by atoms with Crippen molar-refractivity contribution in [3.8, 4) is 11.1 Å². The molecular weight excluding hydrogens is 320 g/mol. The molecule has 122 valence electrons. The molecule has 2 heteroatoms. The van der Waals surface area contributed by atoms with Crippen molar-refractivity contribution in [2.75, 3.05) is 0 Å². The van der Waals surface area contributed by atoms with Gasteiger partial charge in [-0.2, -0.15) is 0 Å². The Morgan fingerprint density at radius 1 is 0.385 bits per heavy atom. The van der Waals surface area contributed by atoms with E-state index in [1.54, 1.807) is 0 Å².